The molecule has 0 aliphatic carbocycles. The van der Waals surface area contributed by atoms with E-state index in [0.717, 1.165) is 0 Å². The molecule has 4 heteroatoms. The molecule has 1 rings (SSSR count). The smallest absolute Gasteiger partial charge is 0.188 e. The Morgan fingerprint density at radius 1 is 1.50 bits per heavy atom. The van der Waals surface area contributed by atoms with Crippen LogP contribution in [0, 0.1) is 12.7 Å². The molecule has 0 aliphatic heterocycles. The van der Waals surface area contributed by atoms with E-state index in [2.05, 4.69) is 4.74 Å². The molecule has 1 aromatic rings. The highest BCUT2D eigenvalue weighted by atomic mass is 19.1. The van der Waals surface area contributed by atoms with Crippen molar-refractivity contribution in [1.29, 1.82) is 0 Å². The Morgan fingerprint density at radius 3 is 2.79 bits per heavy atom. The second-order valence-electron chi connectivity index (χ2n) is 2.81. The Hall–Kier alpha value is -1.42. The molecule has 0 amide bonds. The zero-order chi connectivity index (χ0) is 10.6. The Morgan fingerprint density at radius 2 is 2.21 bits per heavy atom. The lowest BCUT2D eigenvalue weighted by atomic mass is 10.1. The van der Waals surface area contributed by atoms with E-state index < -0.39 is 5.82 Å². The molecule has 0 N–H and O–H groups in total. The molecule has 14 heavy (non-hydrogen) atoms. The van der Waals surface area contributed by atoms with Crippen LogP contribution < -0.4 is 4.74 Å². The Labute approximate surface area is 81.4 Å². The van der Waals surface area contributed by atoms with Crippen LogP contribution in [0.3, 0.4) is 0 Å². The van der Waals surface area contributed by atoms with Crippen molar-refractivity contribution in [3.05, 3.63) is 29.1 Å². The van der Waals surface area contributed by atoms with Crippen LogP contribution in [0.15, 0.2) is 12.1 Å². The minimum absolute atomic E-state index is 0.0106. The number of methoxy groups -OCH3 is 1. The number of rotatable bonds is 4. The number of aryl methyl sites for hydroxylation is 1. The van der Waals surface area contributed by atoms with E-state index in [1.54, 1.807) is 6.92 Å². The first-order chi connectivity index (χ1) is 6.69. The molecule has 0 saturated carbocycles. The maximum Gasteiger partial charge on any atom is 0.188 e. The summed E-state index contributed by atoms with van der Waals surface area (Å²) in [6, 6.07) is 2.62. The molecule has 0 unspecified atom stereocenters. The average molecular weight is 198 g/mol. The van der Waals surface area contributed by atoms with Crippen molar-refractivity contribution in [3.8, 4) is 5.75 Å². The van der Waals surface area contributed by atoms with Gasteiger partial charge in [-0.3, -0.25) is 4.79 Å². The number of hydrogen-bond donors (Lipinski definition) is 0. The summed E-state index contributed by atoms with van der Waals surface area (Å²) in [6.45, 7) is 1.58. The largest absolute Gasteiger partial charge is 0.467 e. The summed E-state index contributed by atoms with van der Waals surface area (Å²) < 4.78 is 22.8. The molecule has 0 radical (unpaired) electrons. The zero-order valence-electron chi connectivity index (χ0n) is 8.04. The van der Waals surface area contributed by atoms with Gasteiger partial charge in [-0.25, -0.2) is 4.39 Å². The van der Waals surface area contributed by atoms with Crippen molar-refractivity contribution in [2.24, 2.45) is 0 Å². The van der Waals surface area contributed by atoms with Crippen LogP contribution >= 0.6 is 0 Å². The van der Waals surface area contributed by atoms with Crippen LogP contribution in [0.5, 0.6) is 5.75 Å². The van der Waals surface area contributed by atoms with Crippen LogP contribution in [0.25, 0.3) is 0 Å². The SMILES string of the molecule is COCOc1cc(F)c(C)cc1C=O. The van der Waals surface area contributed by atoms with Gasteiger partial charge in [-0.05, 0) is 18.6 Å². The van der Waals surface area contributed by atoms with Crippen molar-refractivity contribution >= 4 is 6.29 Å². The fourth-order valence-electron chi connectivity index (χ4n) is 1.03. The van der Waals surface area contributed by atoms with Gasteiger partial charge in [-0.15, -0.1) is 0 Å². The molecule has 0 heterocycles. The second-order valence-corrected chi connectivity index (χ2v) is 2.81. The third kappa shape index (κ3) is 2.29. The van der Waals surface area contributed by atoms with Gasteiger partial charge in [-0.1, -0.05) is 0 Å². The average Bonchev–Trinajstić information content (AvgIpc) is 2.19. The maximum absolute atomic E-state index is 13.1. The minimum Gasteiger partial charge on any atom is -0.467 e. The van der Waals surface area contributed by atoms with Gasteiger partial charge in [0, 0.05) is 13.2 Å². The van der Waals surface area contributed by atoms with Gasteiger partial charge in [0.1, 0.15) is 11.6 Å². The van der Waals surface area contributed by atoms with E-state index in [0.29, 0.717) is 17.4 Å². The molecule has 0 aromatic heterocycles. The Balaban J connectivity index is 3.00. The quantitative estimate of drug-likeness (QED) is 0.547. The summed E-state index contributed by atoms with van der Waals surface area (Å²) in [6.07, 6.45) is 0.622. The highest BCUT2D eigenvalue weighted by molar-refractivity contribution is 5.79. The fraction of sp³-hybridized carbons (Fsp3) is 0.300. The zero-order valence-corrected chi connectivity index (χ0v) is 8.04. The van der Waals surface area contributed by atoms with Gasteiger partial charge in [0.15, 0.2) is 13.1 Å². The van der Waals surface area contributed by atoms with Crippen molar-refractivity contribution < 1.29 is 18.7 Å². The van der Waals surface area contributed by atoms with Gasteiger partial charge in [0.05, 0.1) is 5.56 Å². The van der Waals surface area contributed by atoms with Crippen LogP contribution in [0.1, 0.15) is 15.9 Å². The lowest BCUT2D eigenvalue weighted by molar-refractivity contribution is 0.0503. The molecule has 0 atom stereocenters. The molecule has 0 bridgehead atoms. The number of aldehydes is 1. The van der Waals surface area contributed by atoms with Gasteiger partial charge in [-0.2, -0.15) is 0 Å². The van der Waals surface area contributed by atoms with E-state index in [4.69, 9.17) is 4.74 Å². The van der Waals surface area contributed by atoms with Crippen LogP contribution in [-0.2, 0) is 4.74 Å². The molecule has 0 spiro atoms. The van der Waals surface area contributed by atoms with E-state index >= 15 is 0 Å². The number of halogens is 1. The third-order valence-electron chi connectivity index (χ3n) is 1.75. The molecular formula is C10H11FO3. The van der Waals surface area contributed by atoms with Gasteiger partial charge in [0.2, 0.25) is 0 Å². The highest BCUT2D eigenvalue weighted by Crippen LogP contribution is 2.21. The molecule has 1 aromatic carbocycles. The molecule has 0 saturated heterocycles. The maximum atomic E-state index is 13.1. The molecule has 76 valence electrons. The van der Waals surface area contributed by atoms with Crippen molar-refractivity contribution in [2.45, 2.75) is 6.92 Å². The summed E-state index contributed by atoms with van der Waals surface area (Å²) >= 11 is 0. The number of benzene rings is 1. The number of carbonyl (C=O) groups excluding carboxylic acids is 1. The van der Waals surface area contributed by atoms with Crippen molar-refractivity contribution in [3.63, 3.8) is 0 Å². The fourth-order valence-corrected chi connectivity index (χ4v) is 1.03. The molecule has 0 fully saturated rings. The number of ether oxygens (including phenoxy) is 2. The molecular weight excluding hydrogens is 187 g/mol. The summed E-state index contributed by atoms with van der Waals surface area (Å²) in [7, 11) is 1.45. The highest BCUT2D eigenvalue weighted by Gasteiger charge is 2.07. The standard InChI is InChI=1S/C10H11FO3/c1-7-3-8(5-12)10(4-9(7)11)14-6-13-2/h3-5H,6H2,1-2H3. The van der Waals surface area contributed by atoms with E-state index in [1.807, 2.05) is 0 Å². The van der Waals surface area contributed by atoms with Crippen LogP contribution in [-0.4, -0.2) is 20.2 Å². The van der Waals surface area contributed by atoms with Gasteiger partial charge >= 0.3 is 0 Å². The van der Waals surface area contributed by atoms with E-state index in [-0.39, 0.29) is 12.5 Å². The molecule has 3 nitrogen and oxygen atoms in total. The monoisotopic (exact) mass is 198 g/mol. The van der Waals surface area contributed by atoms with Gasteiger partial charge < -0.3 is 9.47 Å². The predicted octanol–water partition coefficient (Wildman–Crippen LogP) is 1.93. The topological polar surface area (TPSA) is 35.5 Å². The first kappa shape index (κ1) is 10.7. The van der Waals surface area contributed by atoms with E-state index in [1.165, 1.54) is 19.2 Å². The predicted molar refractivity (Wildman–Crippen MR) is 49.0 cm³/mol. The van der Waals surface area contributed by atoms with E-state index in [9.17, 15) is 9.18 Å². The minimum atomic E-state index is -0.401. The summed E-state index contributed by atoms with van der Waals surface area (Å²) in [5.74, 6) is -0.202. The van der Waals surface area contributed by atoms with Crippen molar-refractivity contribution in [2.75, 3.05) is 13.9 Å². The first-order valence-electron chi connectivity index (χ1n) is 4.06. The first-order valence-corrected chi connectivity index (χ1v) is 4.06. The summed E-state index contributed by atoms with van der Waals surface area (Å²) in [5, 5.41) is 0. The van der Waals surface area contributed by atoms with Gasteiger partial charge in [0.25, 0.3) is 0 Å². The number of hydrogen-bond acceptors (Lipinski definition) is 3. The lowest BCUT2D eigenvalue weighted by Gasteiger charge is -2.08. The van der Waals surface area contributed by atoms with Crippen LogP contribution in [0.2, 0.25) is 0 Å². The second kappa shape index (κ2) is 4.72. The summed E-state index contributed by atoms with van der Waals surface area (Å²) in [5.41, 5.74) is 0.734. The normalized spacial score (nSPS) is 9.93. The molecule has 0 aliphatic rings. The lowest BCUT2D eigenvalue weighted by Crippen LogP contribution is -2.02. The summed E-state index contributed by atoms with van der Waals surface area (Å²) in [4.78, 5) is 10.6. The Bertz CT molecular complexity index is 336. The third-order valence-corrected chi connectivity index (χ3v) is 1.75. The number of carbonyl (C=O) groups is 1. The Kier molecular flexibility index (Phi) is 3.59. The van der Waals surface area contributed by atoms with Crippen molar-refractivity contribution in [1.82, 2.24) is 0 Å². The van der Waals surface area contributed by atoms with Crippen LogP contribution in [0.4, 0.5) is 4.39 Å².